The normalized spacial score (nSPS) is 33.0. The van der Waals surface area contributed by atoms with Gasteiger partial charge in [0.15, 0.2) is 0 Å². The van der Waals surface area contributed by atoms with Crippen molar-refractivity contribution in [2.24, 2.45) is 22.7 Å². The predicted octanol–water partition coefficient (Wildman–Crippen LogP) is 1.39. The van der Waals surface area contributed by atoms with Crippen LogP contribution >= 0.6 is 0 Å². The lowest BCUT2D eigenvalue weighted by Crippen LogP contribution is -2.26. The third-order valence-electron chi connectivity index (χ3n) is 2.76. The smallest absolute Gasteiger partial charge is 0.332 e. The van der Waals surface area contributed by atoms with Crippen LogP contribution in [0.1, 0.15) is 25.7 Å². The second kappa shape index (κ2) is 3.82. The molecule has 2 atom stereocenters. The van der Waals surface area contributed by atoms with Gasteiger partial charge in [0, 0.05) is 11.6 Å². The maximum atomic E-state index is 10.5. The lowest BCUT2D eigenvalue weighted by Gasteiger charge is -2.06. The van der Waals surface area contributed by atoms with E-state index in [0.29, 0.717) is 11.8 Å². The Morgan fingerprint density at radius 3 is 3.29 bits per heavy atom. The molecule has 3 N–H and O–H groups in total. The molecule has 0 aromatic heterocycles. The van der Waals surface area contributed by atoms with E-state index < -0.39 is 6.03 Å². The Labute approximate surface area is 83.2 Å². The standard InChI is InChI=1S/C10H15N3O/c11-10(14)13-12-9-5-3-1-2-4-7-6-8(7)9/h2,4,7-8H,1,3,5-6H2,(H3,11,13,14)/b4-2?,12-9+/t7-,8+/m0/s1. The van der Waals surface area contributed by atoms with Gasteiger partial charge in [-0.3, -0.25) is 0 Å². The quantitative estimate of drug-likeness (QED) is 0.479. The highest BCUT2D eigenvalue weighted by Gasteiger charge is 2.39. The maximum Gasteiger partial charge on any atom is 0.332 e. The van der Waals surface area contributed by atoms with Gasteiger partial charge in [-0.2, -0.15) is 5.10 Å². The van der Waals surface area contributed by atoms with Crippen molar-refractivity contribution in [3.05, 3.63) is 12.2 Å². The molecule has 4 nitrogen and oxygen atoms in total. The molecule has 2 amide bonds. The van der Waals surface area contributed by atoms with Gasteiger partial charge in [-0.05, 0) is 31.6 Å². The highest BCUT2D eigenvalue weighted by molar-refractivity contribution is 5.90. The Morgan fingerprint density at radius 2 is 2.50 bits per heavy atom. The fourth-order valence-electron chi connectivity index (χ4n) is 1.93. The summed E-state index contributed by atoms with van der Waals surface area (Å²) in [5, 5.41) is 4.07. The topological polar surface area (TPSA) is 67.5 Å². The van der Waals surface area contributed by atoms with E-state index in [2.05, 4.69) is 22.7 Å². The molecule has 0 saturated heterocycles. The second-order valence-electron chi connectivity index (χ2n) is 3.91. The number of rotatable bonds is 1. The molecule has 0 aromatic carbocycles. The molecule has 0 heterocycles. The summed E-state index contributed by atoms with van der Waals surface area (Å²) in [5.41, 5.74) is 8.40. The summed E-state index contributed by atoms with van der Waals surface area (Å²) in [6.07, 6.45) is 8.89. The van der Waals surface area contributed by atoms with Crippen molar-refractivity contribution in [2.75, 3.05) is 0 Å². The molecule has 2 aliphatic carbocycles. The highest BCUT2D eigenvalue weighted by Crippen LogP contribution is 2.43. The number of carbonyl (C=O) groups excluding carboxylic acids is 1. The zero-order valence-electron chi connectivity index (χ0n) is 8.07. The molecule has 1 saturated carbocycles. The first kappa shape index (κ1) is 9.24. The van der Waals surface area contributed by atoms with Crippen molar-refractivity contribution < 1.29 is 4.79 Å². The van der Waals surface area contributed by atoms with Gasteiger partial charge in [-0.1, -0.05) is 12.2 Å². The van der Waals surface area contributed by atoms with Crippen LogP contribution in [0.15, 0.2) is 17.3 Å². The average molecular weight is 193 g/mol. The minimum atomic E-state index is -0.577. The molecule has 0 bridgehead atoms. The minimum absolute atomic E-state index is 0.554. The first-order valence-corrected chi connectivity index (χ1v) is 5.06. The number of nitrogens with two attached hydrogens (primary N) is 1. The van der Waals surface area contributed by atoms with E-state index >= 15 is 0 Å². The molecule has 0 radical (unpaired) electrons. The summed E-state index contributed by atoms with van der Waals surface area (Å²) in [7, 11) is 0. The molecular formula is C10H15N3O. The average Bonchev–Trinajstić information content (AvgIpc) is 2.82. The molecular weight excluding hydrogens is 178 g/mol. The second-order valence-corrected chi connectivity index (χ2v) is 3.91. The van der Waals surface area contributed by atoms with E-state index in [1.54, 1.807) is 0 Å². The van der Waals surface area contributed by atoms with Gasteiger partial charge in [0.25, 0.3) is 0 Å². The summed E-state index contributed by atoms with van der Waals surface area (Å²) in [6.45, 7) is 0. The van der Waals surface area contributed by atoms with E-state index in [1.807, 2.05) is 0 Å². The van der Waals surface area contributed by atoms with Gasteiger partial charge in [0.1, 0.15) is 0 Å². The molecule has 2 aliphatic rings. The summed E-state index contributed by atoms with van der Waals surface area (Å²) >= 11 is 0. The number of hydrogen-bond acceptors (Lipinski definition) is 2. The number of carbonyl (C=O) groups is 1. The molecule has 0 unspecified atom stereocenters. The number of primary amides is 1. The monoisotopic (exact) mass is 193 g/mol. The number of nitrogens with one attached hydrogen (secondary N) is 1. The van der Waals surface area contributed by atoms with Crippen molar-refractivity contribution >= 4 is 11.7 Å². The van der Waals surface area contributed by atoms with Crippen molar-refractivity contribution in [2.45, 2.75) is 25.7 Å². The summed E-state index contributed by atoms with van der Waals surface area (Å²) in [6, 6.07) is -0.577. The Bertz CT molecular complexity index is 296. The fraction of sp³-hybridized carbons (Fsp3) is 0.600. The third kappa shape index (κ3) is 2.13. The van der Waals surface area contributed by atoms with Crippen molar-refractivity contribution in [1.82, 2.24) is 5.43 Å². The van der Waals surface area contributed by atoms with Crippen molar-refractivity contribution in [1.29, 1.82) is 0 Å². The maximum absolute atomic E-state index is 10.5. The SMILES string of the molecule is NC(=O)N/N=C1\CCCC=C[C@H]2C[C@@H]12. The number of hydrazone groups is 1. The van der Waals surface area contributed by atoms with Crippen LogP contribution in [0.4, 0.5) is 4.79 Å². The zero-order valence-corrected chi connectivity index (χ0v) is 8.07. The predicted molar refractivity (Wildman–Crippen MR) is 54.7 cm³/mol. The van der Waals surface area contributed by atoms with Crippen LogP contribution in [0.2, 0.25) is 0 Å². The molecule has 76 valence electrons. The zero-order chi connectivity index (χ0) is 9.97. The number of urea groups is 1. The van der Waals surface area contributed by atoms with E-state index in [9.17, 15) is 4.79 Å². The molecule has 0 aliphatic heterocycles. The summed E-state index contributed by atoms with van der Waals surface area (Å²) in [5.74, 6) is 1.21. The Hall–Kier alpha value is -1.32. The third-order valence-corrected chi connectivity index (χ3v) is 2.76. The van der Waals surface area contributed by atoms with E-state index in [0.717, 1.165) is 25.0 Å². The van der Waals surface area contributed by atoms with E-state index in [1.165, 1.54) is 6.42 Å². The molecule has 0 aromatic rings. The van der Waals surface area contributed by atoms with Crippen LogP contribution in [-0.2, 0) is 0 Å². The van der Waals surface area contributed by atoms with Crippen molar-refractivity contribution in [3.63, 3.8) is 0 Å². The van der Waals surface area contributed by atoms with E-state index in [4.69, 9.17) is 5.73 Å². The van der Waals surface area contributed by atoms with Crippen LogP contribution in [-0.4, -0.2) is 11.7 Å². The van der Waals surface area contributed by atoms with Gasteiger partial charge in [0.2, 0.25) is 0 Å². The number of fused-ring (bicyclic) bond motifs is 1. The number of nitrogens with zero attached hydrogens (tertiary/aromatic N) is 1. The molecule has 1 fully saturated rings. The number of amides is 2. The number of hydrogen-bond donors (Lipinski definition) is 2. The molecule has 4 heteroatoms. The number of allylic oxidation sites excluding steroid dienone is 2. The van der Waals surface area contributed by atoms with Gasteiger partial charge in [-0.25, -0.2) is 10.2 Å². The first-order chi connectivity index (χ1) is 6.77. The first-order valence-electron chi connectivity index (χ1n) is 5.06. The van der Waals surface area contributed by atoms with Crippen LogP contribution in [0.5, 0.6) is 0 Å². The van der Waals surface area contributed by atoms with Gasteiger partial charge < -0.3 is 5.73 Å². The van der Waals surface area contributed by atoms with Crippen LogP contribution in [0.25, 0.3) is 0 Å². The Balaban J connectivity index is 2.00. The van der Waals surface area contributed by atoms with Crippen LogP contribution in [0.3, 0.4) is 0 Å². The molecule has 0 spiro atoms. The van der Waals surface area contributed by atoms with E-state index in [-0.39, 0.29) is 0 Å². The van der Waals surface area contributed by atoms with Gasteiger partial charge in [-0.15, -0.1) is 0 Å². The lowest BCUT2D eigenvalue weighted by atomic mass is 10.0. The van der Waals surface area contributed by atoms with Crippen LogP contribution < -0.4 is 11.2 Å². The molecule has 2 rings (SSSR count). The van der Waals surface area contributed by atoms with Gasteiger partial charge in [0.05, 0.1) is 0 Å². The molecule has 14 heavy (non-hydrogen) atoms. The summed E-state index contributed by atoms with van der Waals surface area (Å²) < 4.78 is 0. The summed E-state index contributed by atoms with van der Waals surface area (Å²) in [4.78, 5) is 10.5. The highest BCUT2D eigenvalue weighted by atomic mass is 16.2. The minimum Gasteiger partial charge on any atom is -0.350 e. The lowest BCUT2D eigenvalue weighted by molar-refractivity contribution is 0.249. The van der Waals surface area contributed by atoms with Gasteiger partial charge >= 0.3 is 6.03 Å². The fourth-order valence-corrected chi connectivity index (χ4v) is 1.93. The Kier molecular flexibility index (Phi) is 2.52. The van der Waals surface area contributed by atoms with Crippen molar-refractivity contribution in [3.8, 4) is 0 Å². The Morgan fingerprint density at radius 1 is 1.64 bits per heavy atom. The largest absolute Gasteiger partial charge is 0.350 e. The van der Waals surface area contributed by atoms with Crippen LogP contribution in [0, 0.1) is 11.8 Å².